The molecule has 0 aliphatic heterocycles. The third-order valence-electron chi connectivity index (χ3n) is 2.88. The Morgan fingerprint density at radius 2 is 2.11 bits per heavy atom. The van der Waals surface area contributed by atoms with Gasteiger partial charge in [-0.05, 0) is 38.5 Å². The highest BCUT2D eigenvalue weighted by molar-refractivity contribution is 7.92. The number of hydrogen-bond donors (Lipinski definition) is 1. The molecule has 0 fully saturated rings. The molecule has 0 aliphatic carbocycles. The van der Waals surface area contributed by atoms with Crippen LogP contribution in [0.1, 0.15) is 33.2 Å². The maximum atomic E-state index is 11.7. The Morgan fingerprint density at radius 3 is 2.74 bits per heavy atom. The van der Waals surface area contributed by atoms with E-state index in [0.717, 1.165) is 11.0 Å². The van der Waals surface area contributed by atoms with Crippen LogP contribution in [0.3, 0.4) is 0 Å². The number of rotatable bonds is 5. The molecule has 1 aromatic carbocycles. The van der Waals surface area contributed by atoms with Crippen LogP contribution >= 0.6 is 0 Å². The second kappa shape index (κ2) is 5.21. The molecule has 104 valence electrons. The summed E-state index contributed by atoms with van der Waals surface area (Å²) in [5.41, 5.74) is 2.37. The molecule has 0 saturated carbocycles. The quantitative estimate of drug-likeness (QED) is 0.916. The smallest absolute Gasteiger partial charge is 0.232 e. The van der Waals surface area contributed by atoms with E-state index in [-0.39, 0.29) is 5.75 Å². The van der Waals surface area contributed by atoms with Crippen molar-refractivity contribution in [2.45, 2.75) is 33.2 Å². The van der Waals surface area contributed by atoms with Crippen molar-refractivity contribution in [3.8, 4) is 0 Å². The Labute approximate surface area is 113 Å². The molecular formula is C13H19N3O2S. The maximum Gasteiger partial charge on any atom is 0.232 e. The third-order valence-corrected chi connectivity index (χ3v) is 4.37. The van der Waals surface area contributed by atoms with Crippen LogP contribution in [0.25, 0.3) is 11.0 Å². The first-order valence-corrected chi connectivity index (χ1v) is 8.05. The number of nitrogens with one attached hydrogen (secondary N) is 1. The predicted octanol–water partition coefficient (Wildman–Crippen LogP) is 2.77. The molecule has 0 saturated heterocycles. The SMILES string of the molecule is CCCS(=O)(=O)Nc1ccc2c(c1)ncn2C(C)C. The number of imidazole rings is 1. The van der Waals surface area contributed by atoms with Gasteiger partial charge in [-0.1, -0.05) is 6.92 Å². The minimum Gasteiger partial charge on any atom is -0.328 e. The van der Waals surface area contributed by atoms with Crippen LogP contribution in [-0.2, 0) is 10.0 Å². The van der Waals surface area contributed by atoms with Crippen molar-refractivity contribution >= 4 is 26.7 Å². The molecule has 1 N–H and O–H groups in total. The standard InChI is InChI=1S/C13H19N3O2S/c1-4-7-19(17,18)15-11-5-6-13-12(8-11)14-9-16(13)10(2)3/h5-6,8-10,15H,4,7H2,1-3H3. The van der Waals surface area contributed by atoms with E-state index in [1.807, 2.05) is 13.0 Å². The van der Waals surface area contributed by atoms with Gasteiger partial charge in [-0.25, -0.2) is 13.4 Å². The molecule has 0 spiro atoms. The van der Waals surface area contributed by atoms with Gasteiger partial charge >= 0.3 is 0 Å². The fourth-order valence-electron chi connectivity index (χ4n) is 2.01. The number of nitrogens with zero attached hydrogens (tertiary/aromatic N) is 2. The van der Waals surface area contributed by atoms with E-state index < -0.39 is 10.0 Å². The molecule has 0 unspecified atom stereocenters. The molecule has 0 aliphatic rings. The highest BCUT2D eigenvalue weighted by atomic mass is 32.2. The normalized spacial score (nSPS) is 12.2. The maximum absolute atomic E-state index is 11.7. The molecule has 19 heavy (non-hydrogen) atoms. The molecule has 0 radical (unpaired) electrons. The summed E-state index contributed by atoms with van der Waals surface area (Å²) in [7, 11) is -3.25. The van der Waals surface area contributed by atoms with Gasteiger partial charge in [0, 0.05) is 6.04 Å². The van der Waals surface area contributed by atoms with Crippen LogP contribution in [-0.4, -0.2) is 23.7 Å². The first-order chi connectivity index (χ1) is 8.93. The first kappa shape index (κ1) is 13.9. The van der Waals surface area contributed by atoms with Crippen molar-refractivity contribution in [1.29, 1.82) is 0 Å². The molecule has 1 heterocycles. The van der Waals surface area contributed by atoms with Crippen LogP contribution in [0.4, 0.5) is 5.69 Å². The van der Waals surface area contributed by atoms with E-state index in [9.17, 15) is 8.42 Å². The second-order valence-corrected chi connectivity index (χ2v) is 6.71. The zero-order valence-corrected chi connectivity index (χ0v) is 12.2. The fourth-order valence-corrected chi connectivity index (χ4v) is 3.13. The molecular weight excluding hydrogens is 262 g/mol. The monoisotopic (exact) mass is 281 g/mol. The van der Waals surface area contributed by atoms with E-state index in [1.165, 1.54) is 0 Å². The third kappa shape index (κ3) is 3.07. The van der Waals surface area contributed by atoms with Gasteiger partial charge in [0.2, 0.25) is 10.0 Å². The van der Waals surface area contributed by atoms with Crippen LogP contribution in [0, 0.1) is 0 Å². The van der Waals surface area contributed by atoms with E-state index in [4.69, 9.17) is 0 Å². The van der Waals surface area contributed by atoms with Gasteiger partial charge in [0.1, 0.15) is 0 Å². The van der Waals surface area contributed by atoms with Crippen molar-refractivity contribution in [1.82, 2.24) is 9.55 Å². The van der Waals surface area contributed by atoms with E-state index in [1.54, 1.807) is 18.5 Å². The summed E-state index contributed by atoms with van der Waals surface area (Å²) in [5, 5.41) is 0. The van der Waals surface area contributed by atoms with E-state index >= 15 is 0 Å². The second-order valence-electron chi connectivity index (χ2n) is 4.87. The minimum absolute atomic E-state index is 0.130. The average molecular weight is 281 g/mol. The summed E-state index contributed by atoms with van der Waals surface area (Å²) in [5.74, 6) is 0.130. The average Bonchev–Trinajstić information content (AvgIpc) is 2.71. The molecule has 0 amide bonds. The van der Waals surface area contributed by atoms with E-state index in [2.05, 4.69) is 28.1 Å². The summed E-state index contributed by atoms with van der Waals surface area (Å²) in [4.78, 5) is 4.30. The fraction of sp³-hybridized carbons (Fsp3) is 0.462. The van der Waals surface area contributed by atoms with Crippen molar-refractivity contribution in [3.05, 3.63) is 24.5 Å². The highest BCUT2D eigenvalue weighted by Gasteiger charge is 2.11. The molecule has 0 bridgehead atoms. The topological polar surface area (TPSA) is 64.0 Å². The zero-order valence-electron chi connectivity index (χ0n) is 11.4. The van der Waals surface area contributed by atoms with Crippen LogP contribution < -0.4 is 4.72 Å². The van der Waals surface area contributed by atoms with Crippen molar-refractivity contribution in [3.63, 3.8) is 0 Å². The number of sulfonamides is 1. The van der Waals surface area contributed by atoms with Gasteiger partial charge in [0.15, 0.2) is 0 Å². The highest BCUT2D eigenvalue weighted by Crippen LogP contribution is 2.21. The minimum atomic E-state index is -3.25. The molecule has 2 rings (SSSR count). The molecule has 2 aromatic rings. The summed E-state index contributed by atoms with van der Waals surface area (Å²) in [6, 6.07) is 5.76. The van der Waals surface area contributed by atoms with Gasteiger partial charge in [0.25, 0.3) is 0 Å². The van der Waals surface area contributed by atoms with Crippen LogP contribution in [0.2, 0.25) is 0 Å². The summed E-state index contributed by atoms with van der Waals surface area (Å²) in [6.45, 7) is 6.00. The number of fused-ring (bicyclic) bond motifs is 1. The lowest BCUT2D eigenvalue weighted by Crippen LogP contribution is -2.15. The molecule has 5 nitrogen and oxygen atoms in total. The number of anilines is 1. The van der Waals surface area contributed by atoms with Gasteiger partial charge in [-0.2, -0.15) is 0 Å². The molecule has 6 heteroatoms. The zero-order chi connectivity index (χ0) is 14.0. The Bertz CT molecular complexity index is 674. The summed E-state index contributed by atoms with van der Waals surface area (Å²) >= 11 is 0. The van der Waals surface area contributed by atoms with Crippen LogP contribution in [0.5, 0.6) is 0 Å². The largest absolute Gasteiger partial charge is 0.328 e. The Kier molecular flexibility index (Phi) is 3.80. The van der Waals surface area contributed by atoms with Gasteiger partial charge in [-0.3, -0.25) is 4.72 Å². The predicted molar refractivity (Wildman–Crippen MR) is 77.8 cm³/mol. The van der Waals surface area contributed by atoms with Crippen LogP contribution in [0.15, 0.2) is 24.5 Å². The Morgan fingerprint density at radius 1 is 1.37 bits per heavy atom. The molecule has 0 atom stereocenters. The number of benzene rings is 1. The lowest BCUT2D eigenvalue weighted by molar-refractivity contribution is 0.600. The Hall–Kier alpha value is -1.56. The first-order valence-electron chi connectivity index (χ1n) is 6.40. The summed E-state index contributed by atoms with van der Waals surface area (Å²) < 4.78 is 28.1. The van der Waals surface area contributed by atoms with Gasteiger partial charge in [0.05, 0.1) is 28.8 Å². The van der Waals surface area contributed by atoms with Crippen molar-refractivity contribution in [2.75, 3.05) is 10.5 Å². The van der Waals surface area contributed by atoms with Crippen molar-refractivity contribution in [2.24, 2.45) is 0 Å². The number of hydrogen-bond acceptors (Lipinski definition) is 3. The lowest BCUT2D eigenvalue weighted by Gasteiger charge is -2.09. The Balaban J connectivity index is 2.33. The summed E-state index contributed by atoms with van der Waals surface area (Å²) in [6.07, 6.45) is 2.37. The van der Waals surface area contributed by atoms with E-state index in [0.29, 0.717) is 18.2 Å². The number of aromatic nitrogens is 2. The lowest BCUT2D eigenvalue weighted by atomic mass is 10.2. The van der Waals surface area contributed by atoms with Gasteiger partial charge in [-0.15, -0.1) is 0 Å². The van der Waals surface area contributed by atoms with Gasteiger partial charge < -0.3 is 4.57 Å². The molecule has 1 aromatic heterocycles. The van der Waals surface area contributed by atoms with Crippen molar-refractivity contribution < 1.29 is 8.42 Å².